The van der Waals surface area contributed by atoms with Crippen molar-refractivity contribution in [3.8, 4) is 0 Å². The van der Waals surface area contributed by atoms with E-state index in [1.165, 1.54) is 31.3 Å². The molecule has 82 valence electrons. The normalized spacial score (nSPS) is 20.7. The van der Waals surface area contributed by atoms with Crippen LogP contribution in [0.15, 0.2) is 23.8 Å². The Morgan fingerprint density at radius 3 is 2.87 bits per heavy atom. The molecule has 1 N–H and O–H groups in total. The number of nitrogens with one attached hydrogen (secondary N) is 1. The van der Waals surface area contributed by atoms with Gasteiger partial charge < -0.3 is 5.32 Å². The van der Waals surface area contributed by atoms with Gasteiger partial charge in [-0.2, -0.15) is 0 Å². The Bertz CT molecular complexity index is 285. The molecule has 0 unspecified atom stereocenters. The van der Waals surface area contributed by atoms with Gasteiger partial charge in [0, 0.05) is 13.0 Å². The van der Waals surface area contributed by atoms with Crippen LogP contribution in [0.25, 0.3) is 0 Å². The lowest BCUT2D eigenvalue weighted by molar-refractivity contribution is -0.121. The summed E-state index contributed by atoms with van der Waals surface area (Å²) in [6.45, 7) is 0.710. The third-order valence-electron chi connectivity index (χ3n) is 3.29. The van der Waals surface area contributed by atoms with Crippen molar-refractivity contribution in [2.24, 2.45) is 5.92 Å². The summed E-state index contributed by atoms with van der Waals surface area (Å²) in [7, 11) is 0. The molecule has 2 nitrogen and oxygen atoms in total. The first-order valence-corrected chi connectivity index (χ1v) is 5.97. The highest BCUT2D eigenvalue weighted by atomic mass is 16.1. The van der Waals surface area contributed by atoms with E-state index < -0.39 is 0 Å². The van der Waals surface area contributed by atoms with Crippen LogP contribution in [0.4, 0.5) is 0 Å². The van der Waals surface area contributed by atoms with Gasteiger partial charge in [-0.15, -0.1) is 0 Å². The predicted octanol–water partition coefficient (Wildman–Crippen LogP) is 2.57. The molecule has 2 rings (SSSR count). The molecule has 0 spiro atoms. The quantitative estimate of drug-likeness (QED) is 0.751. The fourth-order valence-electron chi connectivity index (χ4n) is 2.39. The minimum absolute atomic E-state index is 0.225. The first-order chi connectivity index (χ1) is 7.34. The molecule has 0 aromatic carbocycles. The maximum absolute atomic E-state index is 11.6. The molecule has 0 heterocycles. The van der Waals surface area contributed by atoms with E-state index in [4.69, 9.17) is 0 Å². The summed E-state index contributed by atoms with van der Waals surface area (Å²) in [6, 6.07) is 0. The Morgan fingerprint density at radius 2 is 2.20 bits per heavy atom. The van der Waals surface area contributed by atoms with E-state index in [0.29, 0.717) is 12.5 Å². The molecule has 0 bridgehead atoms. The molecule has 0 aromatic rings. The Kier molecular flexibility index (Phi) is 3.59. The fourth-order valence-corrected chi connectivity index (χ4v) is 2.39. The lowest BCUT2D eigenvalue weighted by Crippen LogP contribution is -2.26. The maximum atomic E-state index is 11.6. The number of hydrogen-bond acceptors (Lipinski definition) is 1. The van der Waals surface area contributed by atoms with Crippen LogP contribution < -0.4 is 5.32 Å². The van der Waals surface area contributed by atoms with Gasteiger partial charge in [-0.25, -0.2) is 0 Å². The highest BCUT2D eigenvalue weighted by Crippen LogP contribution is 2.27. The van der Waals surface area contributed by atoms with Gasteiger partial charge in [-0.05, 0) is 30.8 Å². The van der Waals surface area contributed by atoms with Crippen LogP contribution in [0.3, 0.4) is 0 Å². The molecule has 15 heavy (non-hydrogen) atoms. The average Bonchev–Trinajstić information content (AvgIpc) is 2.86. The summed E-state index contributed by atoms with van der Waals surface area (Å²) in [4.78, 5) is 11.6. The molecule has 2 aliphatic rings. The van der Waals surface area contributed by atoms with E-state index in [-0.39, 0.29) is 5.91 Å². The van der Waals surface area contributed by atoms with Crippen LogP contribution in [0.2, 0.25) is 0 Å². The van der Waals surface area contributed by atoms with E-state index in [1.54, 1.807) is 0 Å². The topological polar surface area (TPSA) is 29.1 Å². The summed E-state index contributed by atoms with van der Waals surface area (Å²) in [5.74, 6) is 0.876. The average molecular weight is 205 g/mol. The van der Waals surface area contributed by atoms with Gasteiger partial charge in [0.05, 0.1) is 0 Å². The van der Waals surface area contributed by atoms with Gasteiger partial charge >= 0.3 is 0 Å². The van der Waals surface area contributed by atoms with E-state index >= 15 is 0 Å². The third kappa shape index (κ3) is 3.22. The maximum Gasteiger partial charge on any atom is 0.220 e. The SMILES string of the molecule is O=C(CC1CCCC1)NCC1=CCC=C1. The van der Waals surface area contributed by atoms with Crippen LogP contribution in [0, 0.1) is 5.92 Å². The standard InChI is InChI=1S/C13H19NO/c15-13(9-11-5-1-2-6-11)14-10-12-7-3-4-8-12/h3,7-8,11H,1-2,4-6,9-10H2,(H,14,15). The molecule has 1 fully saturated rings. The van der Waals surface area contributed by atoms with Gasteiger partial charge in [-0.1, -0.05) is 31.1 Å². The zero-order valence-corrected chi connectivity index (χ0v) is 9.17. The minimum Gasteiger partial charge on any atom is -0.352 e. The highest BCUT2D eigenvalue weighted by molar-refractivity contribution is 5.76. The zero-order chi connectivity index (χ0) is 10.5. The lowest BCUT2D eigenvalue weighted by atomic mass is 10.0. The zero-order valence-electron chi connectivity index (χ0n) is 9.17. The second-order valence-corrected chi connectivity index (χ2v) is 4.55. The number of rotatable bonds is 4. The summed E-state index contributed by atoms with van der Waals surface area (Å²) < 4.78 is 0. The van der Waals surface area contributed by atoms with Gasteiger partial charge in [-0.3, -0.25) is 4.79 Å². The van der Waals surface area contributed by atoms with Crippen molar-refractivity contribution < 1.29 is 4.79 Å². The van der Waals surface area contributed by atoms with Gasteiger partial charge in [0.15, 0.2) is 0 Å². The fraction of sp³-hybridized carbons (Fsp3) is 0.615. The first-order valence-electron chi connectivity index (χ1n) is 5.97. The van der Waals surface area contributed by atoms with Crippen molar-refractivity contribution >= 4 is 5.91 Å². The number of amides is 1. The van der Waals surface area contributed by atoms with E-state index in [0.717, 1.165) is 12.8 Å². The minimum atomic E-state index is 0.225. The van der Waals surface area contributed by atoms with Crippen molar-refractivity contribution in [2.45, 2.75) is 38.5 Å². The predicted molar refractivity (Wildman–Crippen MR) is 61.4 cm³/mol. The molecule has 0 radical (unpaired) electrons. The summed E-state index contributed by atoms with van der Waals surface area (Å²) >= 11 is 0. The van der Waals surface area contributed by atoms with Crippen molar-refractivity contribution in [3.05, 3.63) is 23.8 Å². The third-order valence-corrected chi connectivity index (χ3v) is 3.29. The molecule has 0 saturated heterocycles. The van der Waals surface area contributed by atoms with E-state index in [1.807, 2.05) is 0 Å². The molecule has 2 heteroatoms. The van der Waals surface area contributed by atoms with Gasteiger partial charge in [0.2, 0.25) is 5.91 Å². The molecule has 2 aliphatic carbocycles. The Balaban J connectivity index is 1.65. The van der Waals surface area contributed by atoms with Crippen LogP contribution in [0.5, 0.6) is 0 Å². The van der Waals surface area contributed by atoms with Crippen molar-refractivity contribution in [1.82, 2.24) is 5.32 Å². The Hall–Kier alpha value is -1.05. The van der Waals surface area contributed by atoms with E-state index in [9.17, 15) is 4.79 Å². The number of allylic oxidation sites excluding steroid dienone is 2. The summed E-state index contributed by atoms with van der Waals surface area (Å²) in [5, 5.41) is 2.99. The van der Waals surface area contributed by atoms with E-state index in [2.05, 4.69) is 23.5 Å². The molecule has 1 amide bonds. The van der Waals surface area contributed by atoms with Gasteiger partial charge in [0.25, 0.3) is 0 Å². The van der Waals surface area contributed by atoms with Crippen LogP contribution in [-0.4, -0.2) is 12.5 Å². The largest absolute Gasteiger partial charge is 0.352 e. The molecule has 1 saturated carbocycles. The van der Waals surface area contributed by atoms with Crippen LogP contribution >= 0.6 is 0 Å². The molecule has 0 aromatic heterocycles. The first kappa shape index (κ1) is 10.5. The smallest absolute Gasteiger partial charge is 0.220 e. The number of carbonyl (C=O) groups is 1. The highest BCUT2D eigenvalue weighted by Gasteiger charge is 2.18. The van der Waals surface area contributed by atoms with Crippen molar-refractivity contribution in [3.63, 3.8) is 0 Å². The Morgan fingerprint density at radius 1 is 1.40 bits per heavy atom. The van der Waals surface area contributed by atoms with Crippen molar-refractivity contribution in [2.75, 3.05) is 6.54 Å². The summed E-state index contributed by atoms with van der Waals surface area (Å²) in [5.41, 5.74) is 1.25. The number of carbonyl (C=O) groups excluding carboxylic acids is 1. The Labute approximate surface area is 91.4 Å². The van der Waals surface area contributed by atoms with Crippen LogP contribution in [0.1, 0.15) is 38.5 Å². The van der Waals surface area contributed by atoms with Crippen molar-refractivity contribution in [1.29, 1.82) is 0 Å². The van der Waals surface area contributed by atoms with Gasteiger partial charge in [0.1, 0.15) is 0 Å². The molecular formula is C13H19NO. The summed E-state index contributed by atoms with van der Waals surface area (Å²) in [6.07, 6.45) is 13.2. The second-order valence-electron chi connectivity index (χ2n) is 4.55. The number of hydrogen-bond donors (Lipinski definition) is 1. The lowest BCUT2D eigenvalue weighted by Gasteiger charge is -2.09. The molecule has 0 atom stereocenters. The van der Waals surface area contributed by atoms with Crippen LogP contribution in [-0.2, 0) is 4.79 Å². The molecule has 0 aliphatic heterocycles. The molecular weight excluding hydrogens is 186 g/mol. The second kappa shape index (κ2) is 5.15. The monoisotopic (exact) mass is 205 g/mol.